The number of likely N-dealkylation sites (N-methyl/N-ethyl adjacent to an activating group) is 1. The number of nitrogens with one attached hydrogen (secondary N) is 2. The predicted molar refractivity (Wildman–Crippen MR) is 46.5 cm³/mol. The molecule has 0 bridgehead atoms. The Balaban J connectivity index is 0.000000218. The van der Waals surface area contributed by atoms with Crippen molar-refractivity contribution in [3.05, 3.63) is 0 Å². The lowest BCUT2D eigenvalue weighted by Crippen LogP contribution is -2.40. The van der Waals surface area contributed by atoms with E-state index in [1.807, 2.05) is 0 Å². The maximum atomic E-state index is 6.06. The number of rotatable bonds is 0. The first kappa shape index (κ1) is 10.2. The highest BCUT2D eigenvalue weighted by Gasteiger charge is 2.01. The molecule has 5 nitrogen and oxygen atoms in total. The van der Waals surface area contributed by atoms with Gasteiger partial charge in [-0.2, -0.15) is 0 Å². The van der Waals surface area contributed by atoms with E-state index in [1.165, 1.54) is 13.1 Å². The molecule has 11 heavy (non-hydrogen) atoms. The van der Waals surface area contributed by atoms with E-state index in [0.29, 0.717) is 0 Å². The van der Waals surface area contributed by atoms with Crippen molar-refractivity contribution in [2.24, 2.45) is 11.5 Å². The zero-order valence-corrected chi connectivity index (χ0v) is 6.93. The maximum absolute atomic E-state index is 6.06. The lowest BCUT2D eigenvalue weighted by molar-refractivity contribution is 0.291. The molecule has 0 aromatic rings. The van der Waals surface area contributed by atoms with E-state index in [0.717, 1.165) is 13.1 Å². The Morgan fingerprint density at radius 3 is 1.91 bits per heavy atom. The summed E-state index contributed by atoms with van der Waals surface area (Å²) in [5.41, 5.74) is 8.94. The molecule has 66 valence electrons. The molecule has 0 spiro atoms. The summed E-state index contributed by atoms with van der Waals surface area (Å²) in [6, 6.07) is 0. The largest absolute Gasteiger partial charge is 0.370 e. The summed E-state index contributed by atoms with van der Waals surface area (Å²) in [6.45, 7) is 4.74. The van der Waals surface area contributed by atoms with Crippen molar-refractivity contribution in [3.8, 4) is 0 Å². The molecule has 0 radical (unpaired) electrons. The highest BCUT2D eigenvalue weighted by molar-refractivity contribution is 5.71. The van der Waals surface area contributed by atoms with E-state index < -0.39 is 0 Å². The molecule has 5 heteroatoms. The van der Waals surface area contributed by atoms with E-state index in [2.05, 4.69) is 28.7 Å². The van der Waals surface area contributed by atoms with Gasteiger partial charge >= 0.3 is 0 Å². The third-order valence-electron chi connectivity index (χ3n) is 1.34. The van der Waals surface area contributed by atoms with Crippen molar-refractivity contribution < 1.29 is 0 Å². The van der Waals surface area contributed by atoms with Crippen LogP contribution in [0, 0.1) is 5.41 Å². The molecular weight excluding hydrogens is 142 g/mol. The third-order valence-corrected chi connectivity index (χ3v) is 1.34. The van der Waals surface area contributed by atoms with Crippen LogP contribution in [-0.2, 0) is 0 Å². The normalized spacial score (nSPS) is 18.3. The highest BCUT2D eigenvalue weighted by Crippen LogP contribution is 1.82. The second-order valence-electron chi connectivity index (χ2n) is 2.51. The standard InChI is InChI=1S/C5H12N2.CH5N3/c1-7-4-2-6-3-5-7;2-1(3)4/h6H,2-5H2,1H3;(H5,2,3,4). The second-order valence-corrected chi connectivity index (χ2v) is 2.51. The van der Waals surface area contributed by atoms with Crippen molar-refractivity contribution in [1.82, 2.24) is 10.2 Å². The summed E-state index contributed by atoms with van der Waals surface area (Å²) in [6.07, 6.45) is 0. The van der Waals surface area contributed by atoms with Crippen molar-refractivity contribution in [3.63, 3.8) is 0 Å². The minimum atomic E-state index is -0.333. The first-order valence-electron chi connectivity index (χ1n) is 3.61. The van der Waals surface area contributed by atoms with E-state index in [4.69, 9.17) is 5.41 Å². The van der Waals surface area contributed by atoms with Crippen LogP contribution in [0.2, 0.25) is 0 Å². The molecule has 1 heterocycles. The molecule has 0 aliphatic carbocycles. The number of guanidine groups is 1. The highest BCUT2D eigenvalue weighted by atomic mass is 15.2. The van der Waals surface area contributed by atoms with E-state index in [1.54, 1.807) is 0 Å². The Bertz CT molecular complexity index is 104. The molecule has 0 unspecified atom stereocenters. The Labute approximate surface area is 67.2 Å². The molecule has 1 fully saturated rings. The van der Waals surface area contributed by atoms with Gasteiger partial charge in [0.25, 0.3) is 0 Å². The van der Waals surface area contributed by atoms with Gasteiger partial charge in [-0.25, -0.2) is 0 Å². The van der Waals surface area contributed by atoms with Gasteiger partial charge in [0.05, 0.1) is 0 Å². The van der Waals surface area contributed by atoms with Crippen molar-refractivity contribution in [2.45, 2.75) is 0 Å². The molecule has 6 N–H and O–H groups in total. The molecule has 0 aromatic heterocycles. The van der Waals surface area contributed by atoms with Gasteiger partial charge in [-0.05, 0) is 7.05 Å². The molecule has 1 aliphatic rings. The van der Waals surface area contributed by atoms with Crippen LogP contribution in [0.4, 0.5) is 0 Å². The quantitative estimate of drug-likeness (QED) is 0.252. The number of nitrogens with two attached hydrogens (primary N) is 2. The Morgan fingerprint density at radius 2 is 1.73 bits per heavy atom. The van der Waals surface area contributed by atoms with Crippen molar-refractivity contribution in [2.75, 3.05) is 33.2 Å². The van der Waals surface area contributed by atoms with Crippen LogP contribution in [0.5, 0.6) is 0 Å². The first-order valence-corrected chi connectivity index (χ1v) is 3.61. The molecule has 1 aliphatic heterocycles. The van der Waals surface area contributed by atoms with Crippen LogP contribution in [0.1, 0.15) is 0 Å². The average molecular weight is 159 g/mol. The fourth-order valence-corrected chi connectivity index (χ4v) is 0.777. The summed E-state index contributed by atoms with van der Waals surface area (Å²) in [5.74, 6) is -0.333. The van der Waals surface area contributed by atoms with Gasteiger partial charge in [-0.15, -0.1) is 0 Å². The monoisotopic (exact) mass is 159 g/mol. The van der Waals surface area contributed by atoms with Gasteiger partial charge in [-0.3, -0.25) is 5.41 Å². The van der Waals surface area contributed by atoms with Crippen LogP contribution in [0.25, 0.3) is 0 Å². The minimum Gasteiger partial charge on any atom is -0.370 e. The zero-order valence-electron chi connectivity index (χ0n) is 6.93. The van der Waals surface area contributed by atoms with Gasteiger partial charge in [-0.1, -0.05) is 0 Å². The summed E-state index contributed by atoms with van der Waals surface area (Å²) in [5, 5.41) is 9.33. The fraction of sp³-hybridized carbons (Fsp3) is 0.833. The van der Waals surface area contributed by atoms with Crippen LogP contribution in [0.15, 0.2) is 0 Å². The van der Waals surface area contributed by atoms with E-state index >= 15 is 0 Å². The zero-order chi connectivity index (χ0) is 8.69. The predicted octanol–water partition coefficient (Wildman–Crippen LogP) is -1.64. The summed E-state index contributed by atoms with van der Waals surface area (Å²) < 4.78 is 0. The van der Waals surface area contributed by atoms with Gasteiger partial charge in [0.1, 0.15) is 0 Å². The Morgan fingerprint density at radius 1 is 1.36 bits per heavy atom. The van der Waals surface area contributed by atoms with Gasteiger partial charge < -0.3 is 21.7 Å². The van der Waals surface area contributed by atoms with Crippen molar-refractivity contribution >= 4 is 5.96 Å². The van der Waals surface area contributed by atoms with Crippen LogP contribution in [0.3, 0.4) is 0 Å². The van der Waals surface area contributed by atoms with Crippen molar-refractivity contribution in [1.29, 1.82) is 5.41 Å². The topological polar surface area (TPSA) is 91.2 Å². The number of nitrogens with zero attached hydrogens (tertiary/aromatic N) is 1. The minimum absolute atomic E-state index is 0.333. The number of piperazine rings is 1. The average Bonchev–Trinajstić information content (AvgIpc) is 1.87. The summed E-state index contributed by atoms with van der Waals surface area (Å²) in [7, 11) is 2.15. The molecule has 0 atom stereocenters. The Kier molecular flexibility index (Phi) is 5.50. The number of hydrogen-bond donors (Lipinski definition) is 4. The van der Waals surface area contributed by atoms with Crippen LogP contribution < -0.4 is 16.8 Å². The fourth-order valence-electron chi connectivity index (χ4n) is 0.777. The molecule has 0 saturated carbocycles. The van der Waals surface area contributed by atoms with Gasteiger partial charge in [0.15, 0.2) is 5.96 Å². The third kappa shape index (κ3) is 9.19. The SMILES string of the molecule is CN1CCNCC1.N=C(N)N. The number of hydrogen-bond acceptors (Lipinski definition) is 3. The summed E-state index contributed by atoms with van der Waals surface area (Å²) in [4.78, 5) is 2.33. The lowest BCUT2D eigenvalue weighted by atomic mass is 10.4. The molecule has 1 saturated heterocycles. The first-order chi connectivity index (χ1) is 5.13. The molecule has 0 amide bonds. The lowest BCUT2D eigenvalue weighted by Gasteiger charge is -2.21. The molecular formula is C6H17N5. The smallest absolute Gasteiger partial charge is 0.183 e. The second kappa shape index (κ2) is 5.94. The van der Waals surface area contributed by atoms with Crippen LogP contribution >= 0.6 is 0 Å². The van der Waals surface area contributed by atoms with Crippen LogP contribution in [-0.4, -0.2) is 44.1 Å². The van der Waals surface area contributed by atoms with E-state index in [-0.39, 0.29) is 5.96 Å². The maximum Gasteiger partial charge on any atom is 0.183 e. The molecule has 0 aromatic carbocycles. The van der Waals surface area contributed by atoms with E-state index in [9.17, 15) is 0 Å². The van der Waals surface area contributed by atoms with Gasteiger partial charge in [0.2, 0.25) is 0 Å². The Hall–Kier alpha value is -0.810. The van der Waals surface area contributed by atoms with Gasteiger partial charge in [0, 0.05) is 26.2 Å². The molecule has 1 rings (SSSR count). The summed E-state index contributed by atoms with van der Waals surface area (Å²) >= 11 is 0.